The molecular weight excluding hydrogens is 326 g/mol. The van der Waals surface area contributed by atoms with Crippen molar-refractivity contribution < 1.29 is 29.9 Å². The Bertz CT molecular complexity index is 500. The molecule has 0 radical (unpaired) electrons. The number of fused-ring (bicyclic) bond motifs is 2. The maximum atomic E-state index is 10.3. The highest BCUT2D eigenvalue weighted by atomic mass is 16.5. The van der Waals surface area contributed by atoms with Gasteiger partial charge < -0.3 is 35.2 Å². The Morgan fingerprint density at radius 3 is 2.64 bits per heavy atom. The summed E-state index contributed by atoms with van der Waals surface area (Å²) in [7, 11) is 0. The minimum absolute atomic E-state index is 0.0721. The first-order chi connectivity index (χ1) is 12.1. The van der Waals surface area contributed by atoms with Crippen molar-refractivity contribution in [3.63, 3.8) is 0 Å². The summed E-state index contributed by atoms with van der Waals surface area (Å²) < 4.78 is 11.3. The normalized spacial score (nSPS) is 27.8. The minimum atomic E-state index is -1.32. The minimum Gasteiger partial charge on any atom is -0.494 e. The van der Waals surface area contributed by atoms with Crippen LogP contribution in [-0.4, -0.2) is 71.2 Å². The Hall–Kier alpha value is -1.38. The zero-order valence-electron chi connectivity index (χ0n) is 14.4. The molecule has 0 aromatic heterocycles. The zero-order valence-corrected chi connectivity index (χ0v) is 14.4. The maximum absolute atomic E-state index is 10.3. The lowest BCUT2D eigenvalue weighted by atomic mass is 10.0. The number of rotatable bonds is 2. The van der Waals surface area contributed by atoms with Crippen molar-refractivity contribution in [3.05, 3.63) is 24.3 Å². The van der Waals surface area contributed by atoms with E-state index in [0.717, 1.165) is 37.1 Å². The van der Waals surface area contributed by atoms with Gasteiger partial charge in [-0.05, 0) is 31.4 Å². The Morgan fingerprint density at radius 1 is 1.12 bits per heavy atom. The van der Waals surface area contributed by atoms with Crippen molar-refractivity contribution >= 4 is 5.69 Å². The van der Waals surface area contributed by atoms with Crippen molar-refractivity contribution in [1.29, 1.82) is 0 Å². The molecule has 0 saturated heterocycles. The van der Waals surface area contributed by atoms with Gasteiger partial charge in [-0.1, -0.05) is 12.5 Å². The third-order valence-corrected chi connectivity index (χ3v) is 4.26. The number of aliphatic hydroxyl groups excluding tert-OH is 4. The van der Waals surface area contributed by atoms with E-state index in [4.69, 9.17) is 9.47 Å². The lowest BCUT2D eigenvalue weighted by Gasteiger charge is -2.30. The van der Waals surface area contributed by atoms with Gasteiger partial charge in [-0.2, -0.15) is 0 Å². The topological polar surface area (TPSA) is 111 Å². The molecule has 0 fully saturated rings. The van der Waals surface area contributed by atoms with Crippen LogP contribution in [0.2, 0.25) is 0 Å². The van der Waals surface area contributed by atoms with Crippen molar-refractivity contribution in [3.8, 4) is 5.75 Å². The zero-order chi connectivity index (χ0) is 18.1. The number of benzene rings is 1. The molecular formula is C18H29NO6. The molecule has 0 spiro atoms. The second-order valence-electron chi connectivity index (χ2n) is 6.31. The van der Waals surface area contributed by atoms with Gasteiger partial charge in [0.1, 0.15) is 24.1 Å². The molecule has 142 valence electrons. The van der Waals surface area contributed by atoms with Crippen molar-refractivity contribution in [2.24, 2.45) is 0 Å². The van der Waals surface area contributed by atoms with E-state index < -0.39 is 31.0 Å². The van der Waals surface area contributed by atoms with Crippen LogP contribution in [0.4, 0.5) is 5.69 Å². The molecule has 0 amide bonds. The SMILES string of the molecule is OC[C@@H](O)C1OCCCCCCOc2cccc(c2)NC[C@@H](O)[C@H]1O. The highest BCUT2D eigenvalue weighted by molar-refractivity contribution is 5.48. The number of ether oxygens (including phenoxy) is 2. The Balaban J connectivity index is 2.06. The van der Waals surface area contributed by atoms with Crippen LogP contribution >= 0.6 is 0 Å². The molecule has 7 nitrogen and oxygen atoms in total. The molecule has 2 rings (SSSR count). The first kappa shape index (κ1) is 19.9. The molecule has 1 unspecified atom stereocenters. The van der Waals surface area contributed by atoms with Crippen LogP contribution < -0.4 is 10.1 Å². The summed E-state index contributed by atoms with van der Waals surface area (Å²) >= 11 is 0. The van der Waals surface area contributed by atoms with Gasteiger partial charge in [0, 0.05) is 24.9 Å². The highest BCUT2D eigenvalue weighted by Gasteiger charge is 2.32. The second kappa shape index (κ2) is 10.6. The summed E-state index contributed by atoms with van der Waals surface area (Å²) in [6.07, 6.45) is -1.15. The van der Waals surface area contributed by atoms with Crippen LogP contribution in [0.25, 0.3) is 0 Å². The smallest absolute Gasteiger partial charge is 0.121 e. The van der Waals surface area contributed by atoms with E-state index in [-0.39, 0.29) is 6.54 Å². The van der Waals surface area contributed by atoms with E-state index >= 15 is 0 Å². The number of aliphatic hydroxyl groups is 4. The Labute approximate surface area is 148 Å². The summed E-state index contributed by atoms with van der Waals surface area (Å²) in [5, 5.41) is 42.6. The van der Waals surface area contributed by atoms with Gasteiger partial charge in [0.15, 0.2) is 0 Å². The quantitative estimate of drug-likeness (QED) is 0.526. The number of hydrogen-bond acceptors (Lipinski definition) is 7. The van der Waals surface area contributed by atoms with Crippen LogP contribution in [0.5, 0.6) is 5.75 Å². The molecule has 0 saturated carbocycles. The van der Waals surface area contributed by atoms with Crippen LogP contribution in [-0.2, 0) is 4.74 Å². The molecule has 1 aliphatic heterocycles. The molecule has 25 heavy (non-hydrogen) atoms. The fraction of sp³-hybridized carbons (Fsp3) is 0.667. The van der Waals surface area contributed by atoms with Gasteiger partial charge in [-0.25, -0.2) is 0 Å². The lowest BCUT2D eigenvalue weighted by Crippen LogP contribution is -2.49. The molecule has 1 aromatic carbocycles. The standard InChI is InChI=1S/C18H29NO6/c20-12-16(22)18-17(23)15(21)11-19-13-6-5-7-14(10-13)24-8-3-1-2-4-9-25-18/h5-7,10,15-23H,1-4,8-9,11-12H2/t15-,16-,17-,18?/m1/s1. The predicted octanol–water partition coefficient (Wildman–Crippen LogP) is 0.511. The molecule has 0 aliphatic carbocycles. The van der Waals surface area contributed by atoms with E-state index in [1.165, 1.54) is 0 Å². The first-order valence-electron chi connectivity index (χ1n) is 8.85. The summed E-state index contributed by atoms with van der Waals surface area (Å²) in [5.41, 5.74) is 0.760. The summed E-state index contributed by atoms with van der Waals surface area (Å²) in [6, 6.07) is 7.40. The fourth-order valence-corrected chi connectivity index (χ4v) is 2.77. The second-order valence-corrected chi connectivity index (χ2v) is 6.31. The number of β-amino-alcohol motifs (C(OH)–C–C–N with tert-alkyl or cyclic N) is 1. The summed E-state index contributed by atoms with van der Waals surface area (Å²) in [4.78, 5) is 0. The first-order valence-corrected chi connectivity index (χ1v) is 8.85. The van der Waals surface area contributed by atoms with Crippen LogP contribution in [0.3, 0.4) is 0 Å². The van der Waals surface area contributed by atoms with Gasteiger partial charge in [-0.15, -0.1) is 0 Å². The van der Waals surface area contributed by atoms with Crippen molar-refractivity contribution in [2.45, 2.75) is 50.1 Å². The largest absolute Gasteiger partial charge is 0.494 e. The average Bonchev–Trinajstić information content (AvgIpc) is 2.63. The lowest BCUT2D eigenvalue weighted by molar-refractivity contribution is -0.140. The van der Waals surface area contributed by atoms with E-state index in [1.807, 2.05) is 24.3 Å². The molecule has 2 bridgehead atoms. The monoisotopic (exact) mass is 355 g/mol. The van der Waals surface area contributed by atoms with Gasteiger partial charge >= 0.3 is 0 Å². The van der Waals surface area contributed by atoms with Crippen LogP contribution in [0, 0.1) is 0 Å². The van der Waals surface area contributed by atoms with E-state index in [2.05, 4.69) is 5.32 Å². The van der Waals surface area contributed by atoms with Crippen LogP contribution in [0.1, 0.15) is 25.7 Å². The van der Waals surface area contributed by atoms with Gasteiger partial charge in [-0.3, -0.25) is 0 Å². The van der Waals surface area contributed by atoms with E-state index in [0.29, 0.717) is 13.2 Å². The predicted molar refractivity (Wildman–Crippen MR) is 93.7 cm³/mol. The van der Waals surface area contributed by atoms with Crippen molar-refractivity contribution in [1.82, 2.24) is 0 Å². The highest BCUT2D eigenvalue weighted by Crippen LogP contribution is 2.19. The van der Waals surface area contributed by atoms with Crippen molar-refractivity contribution in [2.75, 3.05) is 31.7 Å². The molecule has 1 heterocycles. The molecule has 4 atom stereocenters. The number of anilines is 1. The molecule has 7 heteroatoms. The van der Waals surface area contributed by atoms with Gasteiger partial charge in [0.2, 0.25) is 0 Å². The maximum Gasteiger partial charge on any atom is 0.121 e. The van der Waals surface area contributed by atoms with E-state index in [1.54, 1.807) is 0 Å². The van der Waals surface area contributed by atoms with E-state index in [9.17, 15) is 20.4 Å². The molecule has 1 aliphatic rings. The third kappa shape index (κ3) is 6.45. The molecule has 1 aromatic rings. The van der Waals surface area contributed by atoms with Gasteiger partial charge in [0.05, 0.1) is 19.3 Å². The average molecular weight is 355 g/mol. The summed E-state index contributed by atoms with van der Waals surface area (Å²) in [6.45, 7) is 0.514. The Kier molecular flexibility index (Phi) is 8.43. The summed E-state index contributed by atoms with van der Waals surface area (Å²) in [5.74, 6) is 0.754. The Morgan fingerprint density at radius 2 is 1.88 bits per heavy atom. The number of hydrogen-bond donors (Lipinski definition) is 5. The van der Waals surface area contributed by atoms with Crippen LogP contribution in [0.15, 0.2) is 24.3 Å². The third-order valence-electron chi connectivity index (χ3n) is 4.26. The number of nitrogens with one attached hydrogen (secondary N) is 1. The molecule has 5 N–H and O–H groups in total. The fourth-order valence-electron chi connectivity index (χ4n) is 2.77. The van der Waals surface area contributed by atoms with Gasteiger partial charge in [0.25, 0.3) is 0 Å².